The minimum atomic E-state index is -3.85. The van der Waals surface area contributed by atoms with Crippen molar-refractivity contribution in [2.45, 2.75) is 55.4 Å². The maximum atomic E-state index is 13.5. The molecule has 2 aromatic carbocycles. The van der Waals surface area contributed by atoms with Crippen molar-refractivity contribution < 1.29 is 27.8 Å². The number of nitrogens with one attached hydrogen (secondary N) is 1. The number of aryl methyl sites for hydroxylation is 1. The number of aliphatic hydroxyl groups excluding tert-OH is 1. The van der Waals surface area contributed by atoms with Crippen LogP contribution >= 0.6 is 0 Å². The quantitative estimate of drug-likeness (QED) is 0.689. The molecule has 0 bridgehead atoms. The van der Waals surface area contributed by atoms with Crippen LogP contribution in [-0.2, 0) is 24.3 Å². The highest BCUT2D eigenvalue weighted by atomic mass is 32.2. The van der Waals surface area contributed by atoms with Gasteiger partial charge < -0.3 is 19.9 Å². The smallest absolute Gasteiger partial charge is 0.243 e. The third kappa shape index (κ3) is 5.80. The summed E-state index contributed by atoms with van der Waals surface area (Å²) in [7, 11) is -3.85. The number of hydrogen-bond acceptors (Lipinski definition) is 6. The number of anilines is 1. The summed E-state index contributed by atoms with van der Waals surface area (Å²) >= 11 is 0. The number of nitrogens with zero attached hydrogens (tertiary/aromatic N) is 1. The molecule has 0 spiro atoms. The molecule has 2 aliphatic rings. The molecule has 2 N–H and O–H groups in total. The highest BCUT2D eigenvalue weighted by Gasteiger charge is 2.43. The molecule has 4 rings (SSSR count). The number of ether oxygens (including phenoxy) is 2. The maximum Gasteiger partial charge on any atom is 0.243 e. The molecule has 8 nitrogen and oxygen atoms in total. The van der Waals surface area contributed by atoms with Crippen LogP contribution in [0.25, 0.3) is 0 Å². The minimum absolute atomic E-state index is 0.0194. The van der Waals surface area contributed by atoms with E-state index in [2.05, 4.69) is 5.32 Å². The Kier molecular flexibility index (Phi) is 7.45. The van der Waals surface area contributed by atoms with E-state index < -0.39 is 28.3 Å². The maximum absolute atomic E-state index is 13.5. The van der Waals surface area contributed by atoms with Crippen LogP contribution in [0.2, 0.25) is 0 Å². The van der Waals surface area contributed by atoms with Gasteiger partial charge in [-0.15, -0.1) is 0 Å². The first kappa shape index (κ1) is 23.8. The van der Waals surface area contributed by atoms with Crippen molar-refractivity contribution in [2.24, 2.45) is 0 Å². The predicted octanol–water partition coefficient (Wildman–Crippen LogP) is 2.32. The van der Waals surface area contributed by atoms with E-state index >= 15 is 0 Å². The van der Waals surface area contributed by atoms with Crippen molar-refractivity contribution in [1.29, 1.82) is 0 Å². The zero-order chi connectivity index (χ0) is 23.4. The fourth-order valence-corrected chi connectivity index (χ4v) is 6.24. The predicted molar refractivity (Wildman–Crippen MR) is 123 cm³/mol. The van der Waals surface area contributed by atoms with Crippen LogP contribution in [0.1, 0.15) is 24.8 Å². The Bertz CT molecular complexity index is 1060. The van der Waals surface area contributed by atoms with Crippen LogP contribution < -0.4 is 5.32 Å². The summed E-state index contributed by atoms with van der Waals surface area (Å²) in [6, 6.07) is 15.5. The Balaban J connectivity index is 1.49. The number of amides is 1. The van der Waals surface area contributed by atoms with Crippen molar-refractivity contribution in [1.82, 2.24) is 4.31 Å². The summed E-state index contributed by atoms with van der Waals surface area (Å²) in [4.78, 5) is 12.7. The number of para-hydroxylation sites is 1. The van der Waals surface area contributed by atoms with Crippen LogP contribution in [0.4, 0.5) is 5.69 Å². The van der Waals surface area contributed by atoms with Gasteiger partial charge in [-0.3, -0.25) is 4.79 Å². The third-order valence-corrected chi connectivity index (χ3v) is 7.89. The summed E-state index contributed by atoms with van der Waals surface area (Å²) < 4.78 is 40.2. The van der Waals surface area contributed by atoms with Crippen LogP contribution in [0.5, 0.6) is 0 Å². The van der Waals surface area contributed by atoms with E-state index in [0.29, 0.717) is 12.8 Å². The lowest BCUT2D eigenvalue weighted by Crippen LogP contribution is -2.57. The molecular formula is C24H30N2O6S. The van der Waals surface area contributed by atoms with E-state index in [4.69, 9.17) is 9.47 Å². The number of β-amino-alcohol motifs (C(OH)–C–C–N with tert-alkyl or cyclic N) is 1. The second-order valence-corrected chi connectivity index (χ2v) is 10.5. The number of fused-ring (bicyclic) bond motifs is 1. The normalized spacial score (nSPS) is 26.6. The lowest BCUT2D eigenvalue weighted by atomic mass is 9.96. The van der Waals surface area contributed by atoms with Crippen LogP contribution in [0.3, 0.4) is 0 Å². The second kappa shape index (κ2) is 10.3. The van der Waals surface area contributed by atoms with Gasteiger partial charge in [-0.2, -0.15) is 4.31 Å². The Morgan fingerprint density at radius 1 is 1.12 bits per heavy atom. The summed E-state index contributed by atoms with van der Waals surface area (Å²) in [5.74, 6) is -0.156. The number of hydrogen-bond donors (Lipinski definition) is 2. The first-order chi connectivity index (χ1) is 15.8. The fraction of sp³-hybridized carbons (Fsp3) is 0.458. The molecule has 4 atom stereocenters. The Morgan fingerprint density at radius 2 is 1.91 bits per heavy atom. The van der Waals surface area contributed by atoms with Gasteiger partial charge in [0, 0.05) is 12.2 Å². The van der Waals surface area contributed by atoms with E-state index in [1.807, 2.05) is 43.3 Å². The van der Waals surface area contributed by atoms with Crippen LogP contribution in [0, 0.1) is 6.92 Å². The molecule has 178 valence electrons. The molecule has 0 unspecified atom stereocenters. The molecule has 0 saturated carbocycles. The first-order valence-corrected chi connectivity index (χ1v) is 12.6. The molecular weight excluding hydrogens is 444 g/mol. The number of carbonyl (C=O) groups is 1. The Labute approximate surface area is 194 Å². The molecule has 2 saturated heterocycles. The number of benzene rings is 2. The topological polar surface area (TPSA) is 105 Å². The lowest BCUT2D eigenvalue weighted by molar-refractivity contribution is -0.144. The monoisotopic (exact) mass is 474 g/mol. The third-order valence-electron chi connectivity index (χ3n) is 6.00. The molecule has 2 fully saturated rings. The van der Waals surface area contributed by atoms with Crippen LogP contribution in [-0.4, -0.2) is 67.8 Å². The van der Waals surface area contributed by atoms with Gasteiger partial charge in [-0.25, -0.2) is 8.42 Å². The van der Waals surface area contributed by atoms with E-state index in [-0.39, 0.29) is 43.1 Å². The molecule has 2 aliphatic heterocycles. The van der Waals surface area contributed by atoms with E-state index in [0.717, 1.165) is 11.3 Å². The molecule has 2 aromatic rings. The number of rotatable bonds is 5. The van der Waals surface area contributed by atoms with Gasteiger partial charge in [0.25, 0.3) is 0 Å². The van der Waals surface area contributed by atoms with E-state index in [1.54, 1.807) is 18.2 Å². The van der Waals surface area contributed by atoms with Gasteiger partial charge in [0.15, 0.2) is 0 Å². The minimum Gasteiger partial charge on any atom is -0.389 e. The van der Waals surface area contributed by atoms with Crippen LogP contribution in [0.15, 0.2) is 59.5 Å². The molecule has 0 radical (unpaired) electrons. The van der Waals surface area contributed by atoms with E-state index in [9.17, 15) is 18.3 Å². The van der Waals surface area contributed by atoms with Crippen molar-refractivity contribution >= 4 is 21.6 Å². The number of carbonyl (C=O) groups excluding carboxylic acids is 1. The van der Waals surface area contributed by atoms with Gasteiger partial charge in [0.05, 0.1) is 48.9 Å². The highest BCUT2D eigenvalue weighted by Crippen LogP contribution is 2.31. The first-order valence-electron chi connectivity index (χ1n) is 11.2. The van der Waals surface area contributed by atoms with Crippen molar-refractivity contribution in [3.05, 3.63) is 60.2 Å². The fourth-order valence-electron chi connectivity index (χ4n) is 4.42. The molecule has 1 amide bonds. The lowest BCUT2D eigenvalue weighted by Gasteiger charge is -2.43. The SMILES string of the molecule is Cc1cccc(S(=O)(=O)N2C[C@H](O)COC[C@@H]3O[C@H](CC(=O)Nc4ccccc4)CC[C@H]32)c1. The molecule has 33 heavy (non-hydrogen) atoms. The second-order valence-electron chi connectivity index (χ2n) is 8.64. The van der Waals surface area contributed by atoms with Gasteiger partial charge in [-0.05, 0) is 49.6 Å². The van der Waals surface area contributed by atoms with Gasteiger partial charge in [0.2, 0.25) is 15.9 Å². The van der Waals surface area contributed by atoms with Gasteiger partial charge in [0.1, 0.15) is 0 Å². The van der Waals surface area contributed by atoms with Gasteiger partial charge in [-0.1, -0.05) is 30.3 Å². The molecule has 0 aromatic heterocycles. The van der Waals surface area contributed by atoms with Crippen molar-refractivity contribution in [3.8, 4) is 0 Å². The molecule has 9 heteroatoms. The largest absolute Gasteiger partial charge is 0.389 e. The highest BCUT2D eigenvalue weighted by molar-refractivity contribution is 7.89. The summed E-state index contributed by atoms with van der Waals surface area (Å²) in [5, 5.41) is 13.2. The summed E-state index contributed by atoms with van der Waals surface area (Å²) in [6.45, 7) is 1.94. The number of aliphatic hydroxyl groups is 1. The Morgan fingerprint density at radius 3 is 2.67 bits per heavy atom. The van der Waals surface area contributed by atoms with Crippen molar-refractivity contribution in [3.63, 3.8) is 0 Å². The summed E-state index contributed by atoms with van der Waals surface area (Å²) in [6.07, 6.45) is -0.591. The van der Waals surface area contributed by atoms with Crippen molar-refractivity contribution in [2.75, 3.05) is 25.1 Å². The zero-order valence-electron chi connectivity index (χ0n) is 18.6. The average molecular weight is 475 g/mol. The zero-order valence-corrected chi connectivity index (χ0v) is 19.4. The standard InChI is InChI=1S/C24H30N2O6S/c1-17-6-5-9-21(12-17)33(29,30)26-14-19(27)15-31-16-23-22(26)11-10-20(32-23)13-24(28)25-18-7-3-2-4-8-18/h2-9,12,19-20,22-23,27H,10-11,13-16H2,1H3,(H,25,28)/t19-,20-,22+,23-/m0/s1. The van der Waals surface area contributed by atoms with Gasteiger partial charge >= 0.3 is 0 Å². The molecule has 0 aliphatic carbocycles. The van der Waals surface area contributed by atoms with E-state index in [1.165, 1.54) is 4.31 Å². The summed E-state index contributed by atoms with van der Waals surface area (Å²) in [5.41, 5.74) is 1.56. The average Bonchev–Trinajstić information content (AvgIpc) is 2.77. The molecule has 2 heterocycles. The Hall–Kier alpha value is -2.30. The number of sulfonamides is 1.